The fourth-order valence-electron chi connectivity index (χ4n) is 2.36. The molecule has 0 bridgehead atoms. The third-order valence-electron chi connectivity index (χ3n) is 3.67. The molecule has 0 aliphatic rings. The lowest BCUT2D eigenvalue weighted by molar-refractivity contribution is 0.0950. The van der Waals surface area contributed by atoms with E-state index in [4.69, 9.17) is 0 Å². The summed E-state index contributed by atoms with van der Waals surface area (Å²) in [4.78, 5) is 19.9. The fourth-order valence-corrected chi connectivity index (χ4v) is 2.98. The second-order valence-electron chi connectivity index (χ2n) is 5.18. The summed E-state index contributed by atoms with van der Waals surface area (Å²) in [6.45, 7) is 6.53. The lowest BCUT2D eigenvalue weighted by atomic mass is 10.1. The van der Waals surface area contributed by atoms with Gasteiger partial charge in [0.25, 0.3) is 5.91 Å². The first kappa shape index (κ1) is 13.8. The molecular formula is C16H17N3OS. The highest BCUT2D eigenvalue weighted by molar-refractivity contribution is 7.09. The monoisotopic (exact) mass is 299 g/mol. The summed E-state index contributed by atoms with van der Waals surface area (Å²) in [5.74, 6) is -0.0687. The fraction of sp³-hybridized carbons (Fsp3) is 0.250. The molecule has 0 saturated carbocycles. The Balaban J connectivity index is 1.79. The van der Waals surface area contributed by atoms with Gasteiger partial charge in [0.2, 0.25) is 0 Å². The zero-order valence-corrected chi connectivity index (χ0v) is 13.1. The minimum absolute atomic E-state index is 0.0687. The van der Waals surface area contributed by atoms with E-state index in [1.54, 1.807) is 11.3 Å². The van der Waals surface area contributed by atoms with Crippen LogP contribution in [0.1, 0.15) is 32.3 Å². The van der Waals surface area contributed by atoms with E-state index in [9.17, 15) is 4.79 Å². The number of hydrogen-bond donors (Lipinski definition) is 2. The largest absolute Gasteiger partial charge is 0.358 e. The second kappa shape index (κ2) is 5.33. The van der Waals surface area contributed by atoms with Crippen LogP contribution in [-0.2, 0) is 6.54 Å². The molecule has 1 amide bonds. The first-order valence-electron chi connectivity index (χ1n) is 6.82. The van der Waals surface area contributed by atoms with E-state index >= 15 is 0 Å². The number of thiazole rings is 1. The normalized spacial score (nSPS) is 11.0. The van der Waals surface area contributed by atoms with Crippen molar-refractivity contribution < 1.29 is 4.79 Å². The molecule has 0 fully saturated rings. The molecule has 0 saturated heterocycles. The average molecular weight is 299 g/mol. The summed E-state index contributed by atoms with van der Waals surface area (Å²) >= 11 is 1.59. The Morgan fingerprint density at radius 2 is 2.14 bits per heavy atom. The Bertz CT molecular complexity index is 816. The van der Waals surface area contributed by atoms with Gasteiger partial charge in [-0.25, -0.2) is 4.98 Å². The van der Waals surface area contributed by atoms with Gasteiger partial charge in [-0.2, -0.15) is 0 Å². The first-order valence-corrected chi connectivity index (χ1v) is 7.70. The number of benzene rings is 1. The van der Waals surface area contributed by atoms with Crippen LogP contribution in [0.25, 0.3) is 10.9 Å². The van der Waals surface area contributed by atoms with Gasteiger partial charge in [-0.3, -0.25) is 4.79 Å². The number of rotatable bonds is 3. The van der Waals surface area contributed by atoms with Crippen LogP contribution in [-0.4, -0.2) is 15.9 Å². The number of nitrogens with zero attached hydrogens (tertiary/aromatic N) is 1. The van der Waals surface area contributed by atoms with Crippen LogP contribution in [0.4, 0.5) is 0 Å². The van der Waals surface area contributed by atoms with E-state index in [2.05, 4.69) is 22.2 Å². The van der Waals surface area contributed by atoms with E-state index in [1.807, 2.05) is 37.4 Å². The van der Waals surface area contributed by atoms with Crippen molar-refractivity contribution in [1.29, 1.82) is 0 Å². The predicted molar refractivity (Wildman–Crippen MR) is 85.8 cm³/mol. The Labute approximate surface area is 127 Å². The van der Waals surface area contributed by atoms with Crippen LogP contribution < -0.4 is 5.32 Å². The topological polar surface area (TPSA) is 57.8 Å². The summed E-state index contributed by atoms with van der Waals surface area (Å²) in [6.07, 6.45) is 0. The molecule has 2 aromatic heterocycles. The van der Waals surface area contributed by atoms with Crippen LogP contribution in [0.2, 0.25) is 0 Å². The average Bonchev–Trinajstić information content (AvgIpc) is 3.01. The second-order valence-corrected chi connectivity index (χ2v) is 6.24. The smallest absolute Gasteiger partial charge is 0.251 e. The van der Waals surface area contributed by atoms with Crippen molar-refractivity contribution >= 4 is 28.1 Å². The molecule has 4 nitrogen and oxygen atoms in total. The van der Waals surface area contributed by atoms with Crippen LogP contribution in [0, 0.1) is 20.8 Å². The van der Waals surface area contributed by atoms with Crippen LogP contribution in [0.5, 0.6) is 0 Å². The SMILES string of the molecule is Cc1nc(CNC(=O)c2ccc3[nH]c(C)c(C)c3c2)cs1. The van der Waals surface area contributed by atoms with Gasteiger partial charge in [0, 0.05) is 27.5 Å². The molecule has 0 aliphatic carbocycles. The number of amides is 1. The van der Waals surface area contributed by atoms with Gasteiger partial charge in [-0.1, -0.05) is 0 Å². The maximum atomic E-state index is 12.2. The Hall–Kier alpha value is -2.14. The zero-order valence-electron chi connectivity index (χ0n) is 12.3. The number of aromatic nitrogens is 2. The molecule has 0 aliphatic heterocycles. The summed E-state index contributed by atoms with van der Waals surface area (Å²) in [7, 11) is 0. The quantitative estimate of drug-likeness (QED) is 0.778. The van der Waals surface area contributed by atoms with Crippen molar-refractivity contribution in [3.8, 4) is 0 Å². The van der Waals surface area contributed by atoms with E-state index < -0.39 is 0 Å². The van der Waals surface area contributed by atoms with E-state index in [0.717, 1.165) is 27.3 Å². The van der Waals surface area contributed by atoms with Crippen molar-refractivity contribution in [1.82, 2.24) is 15.3 Å². The van der Waals surface area contributed by atoms with Crippen LogP contribution >= 0.6 is 11.3 Å². The molecule has 1 aromatic carbocycles. The molecule has 0 radical (unpaired) electrons. The molecule has 5 heteroatoms. The number of aromatic amines is 1. The van der Waals surface area contributed by atoms with Crippen LogP contribution in [0.15, 0.2) is 23.6 Å². The lowest BCUT2D eigenvalue weighted by Gasteiger charge is -2.04. The highest BCUT2D eigenvalue weighted by atomic mass is 32.1. The zero-order chi connectivity index (χ0) is 15.0. The van der Waals surface area contributed by atoms with E-state index in [-0.39, 0.29) is 5.91 Å². The Morgan fingerprint density at radius 3 is 2.86 bits per heavy atom. The van der Waals surface area contributed by atoms with Gasteiger partial charge in [0.05, 0.1) is 17.2 Å². The predicted octanol–water partition coefficient (Wildman–Crippen LogP) is 3.48. The number of aryl methyl sites for hydroxylation is 3. The maximum Gasteiger partial charge on any atom is 0.251 e. The van der Waals surface area contributed by atoms with Gasteiger partial charge in [0.1, 0.15) is 0 Å². The van der Waals surface area contributed by atoms with Crippen molar-refractivity contribution in [2.24, 2.45) is 0 Å². The molecular weight excluding hydrogens is 282 g/mol. The van der Waals surface area contributed by atoms with Gasteiger partial charge in [-0.15, -0.1) is 11.3 Å². The van der Waals surface area contributed by atoms with Crippen molar-refractivity contribution in [3.05, 3.63) is 51.1 Å². The van der Waals surface area contributed by atoms with Gasteiger partial charge in [0.15, 0.2) is 0 Å². The highest BCUT2D eigenvalue weighted by Gasteiger charge is 2.10. The highest BCUT2D eigenvalue weighted by Crippen LogP contribution is 2.22. The summed E-state index contributed by atoms with van der Waals surface area (Å²) in [6, 6.07) is 5.74. The summed E-state index contributed by atoms with van der Waals surface area (Å²) in [5, 5.41) is 7.00. The van der Waals surface area contributed by atoms with Crippen molar-refractivity contribution in [2.75, 3.05) is 0 Å². The first-order chi connectivity index (χ1) is 10.0. The van der Waals surface area contributed by atoms with E-state index in [1.165, 1.54) is 5.56 Å². The number of nitrogens with one attached hydrogen (secondary N) is 2. The van der Waals surface area contributed by atoms with Gasteiger partial charge in [-0.05, 0) is 44.5 Å². The standard InChI is InChI=1S/C16H17N3OS/c1-9-10(2)18-15-5-4-12(6-14(9)15)16(20)17-7-13-8-21-11(3)19-13/h4-6,8,18H,7H2,1-3H3,(H,17,20). The molecule has 3 aromatic rings. The Kier molecular flexibility index (Phi) is 3.51. The number of hydrogen-bond acceptors (Lipinski definition) is 3. The third kappa shape index (κ3) is 2.69. The molecule has 0 spiro atoms. The minimum Gasteiger partial charge on any atom is -0.358 e. The lowest BCUT2D eigenvalue weighted by Crippen LogP contribution is -2.22. The Morgan fingerprint density at radius 1 is 1.33 bits per heavy atom. The molecule has 0 atom stereocenters. The molecule has 3 rings (SSSR count). The van der Waals surface area contributed by atoms with Gasteiger partial charge < -0.3 is 10.3 Å². The molecule has 0 unspecified atom stereocenters. The number of carbonyl (C=O) groups is 1. The van der Waals surface area contributed by atoms with E-state index in [0.29, 0.717) is 12.1 Å². The van der Waals surface area contributed by atoms with Crippen molar-refractivity contribution in [3.63, 3.8) is 0 Å². The third-order valence-corrected chi connectivity index (χ3v) is 4.49. The van der Waals surface area contributed by atoms with Crippen LogP contribution in [0.3, 0.4) is 0 Å². The summed E-state index contributed by atoms with van der Waals surface area (Å²) < 4.78 is 0. The number of H-pyrrole nitrogens is 1. The summed E-state index contributed by atoms with van der Waals surface area (Å²) in [5.41, 5.74) is 4.98. The number of carbonyl (C=O) groups excluding carboxylic acids is 1. The molecule has 2 N–H and O–H groups in total. The van der Waals surface area contributed by atoms with Gasteiger partial charge >= 0.3 is 0 Å². The molecule has 108 valence electrons. The molecule has 2 heterocycles. The molecule has 21 heavy (non-hydrogen) atoms. The minimum atomic E-state index is -0.0687. The number of fused-ring (bicyclic) bond motifs is 1. The maximum absolute atomic E-state index is 12.2. The van der Waals surface area contributed by atoms with Crippen molar-refractivity contribution in [2.45, 2.75) is 27.3 Å².